The molecule has 0 saturated heterocycles. The fourth-order valence-corrected chi connectivity index (χ4v) is 2.98. The zero-order chi connectivity index (χ0) is 16.9. The van der Waals surface area contributed by atoms with Gasteiger partial charge < -0.3 is 16.0 Å². The van der Waals surface area contributed by atoms with E-state index in [2.05, 4.69) is 11.4 Å². The van der Waals surface area contributed by atoms with Gasteiger partial charge in [-0.15, -0.1) is 0 Å². The second kappa shape index (κ2) is 7.27. The average Bonchev–Trinajstić information content (AvgIpc) is 2.62. The number of nitrogens with two attached hydrogens (primary N) is 1. The summed E-state index contributed by atoms with van der Waals surface area (Å²) in [6, 6.07) is 15.4. The molecule has 3 N–H and O–H groups in total. The van der Waals surface area contributed by atoms with Crippen molar-refractivity contribution in [2.24, 2.45) is 5.73 Å². The van der Waals surface area contributed by atoms with Crippen LogP contribution in [-0.2, 0) is 22.4 Å². The summed E-state index contributed by atoms with van der Waals surface area (Å²) in [6.45, 7) is 0.717. The Bertz CT molecular complexity index is 741. The van der Waals surface area contributed by atoms with Crippen molar-refractivity contribution in [2.75, 3.05) is 23.3 Å². The van der Waals surface area contributed by atoms with Crippen molar-refractivity contribution in [3.05, 3.63) is 59.7 Å². The van der Waals surface area contributed by atoms with E-state index in [1.54, 1.807) is 12.1 Å². The Kier molecular flexibility index (Phi) is 4.91. The third-order valence-corrected chi connectivity index (χ3v) is 4.19. The van der Waals surface area contributed by atoms with Crippen LogP contribution in [-0.4, -0.2) is 24.9 Å². The summed E-state index contributed by atoms with van der Waals surface area (Å²) in [6.07, 6.45) is 2.36. The molecule has 1 aliphatic rings. The molecule has 0 spiro atoms. The normalized spacial score (nSPS) is 13.3. The van der Waals surface area contributed by atoms with Crippen LogP contribution < -0.4 is 16.0 Å². The predicted molar refractivity (Wildman–Crippen MR) is 94.9 cm³/mol. The van der Waals surface area contributed by atoms with E-state index >= 15 is 0 Å². The van der Waals surface area contributed by atoms with Gasteiger partial charge in [-0.25, -0.2) is 0 Å². The summed E-state index contributed by atoms with van der Waals surface area (Å²) in [4.78, 5) is 25.8. The van der Waals surface area contributed by atoms with Gasteiger partial charge >= 0.3 is 0 Å². The fraction of sp³-hybridized carbons (Fsp3) is 0.263. The first-order valence-electron chi connectivity index (χ1n) is 8.14. The minimum atomic E-state index is -0.233. The van der Waals surface area contributed by atoms with Gasteiger partial charge in [-0.3, -0.25) is 9.59 Å². The van der Waals surface area contributed by atoms with Crippen molar-refractivity contribution >= 4 is 23.2 Å². The number of nitrogens with one attached hydrogen (secondary N) is 1. The van der Waals surface area contributed by atoms with Gasteiger partial charge in [0.1, 0.15) is 0 Å². The van der Waals surface area contributed by atoms with Crippen LogP contribution in [0.25, 0.3) is 0 Å². The van der Waals surface area contributed by atoms with Gasteiger partial charge in [-0.05, 0) is 42.2 Å². The van der Waals surface area contributed by atoms with Gasteiger partial charge in [0.25, 0.3) is 0 Å². The van der Waals surface area contributed by atoms with Crippen molar-refractivity contribution in [3.63, 3.8) is 0 Å². The van der Waals surface area contributed by atoms with Gasteiger partial charge in [-0.2, -0.15) is 0 Å². The first-order chi connectivity index (χ1) is 11.7. The van der Waals surface area contributed by atoms with E-state index in [0.717, 1.165) is 30.6 Å². The summed E-state index contributed by atoms with van der Waals surface area (Å²) in [5.41, 5.74) is 9.15. The number of amides is 2. The van der Waals surface area contributed by atoms with Gasteiger partial charge in [0.15, 0.2) is 0 Å². The molecule has 2 aromatic rings. The Balaban J connectivity index is 1.68. The van der Waals surface area contributed by atoms with E-state index in [-0.39, 0.29) is 18.4 Å². The van der Waals surface area contributed by atoms with Crippen LogP contribution in [0.3, 0.4) is 0 Å². The molecule has 24 heavy (non-hydrogen) atoms. The van der Waals surface area contributed by atoms with Crippen molar-refractivity contribution in [1.82, 2.24) is 0 Å². The number of hydrogen-bond acceptors (Lipinski definition) is 3. The molecule has 3 rings (SSSR count). The molecule has 0 atom stereocenters. The van der Waals surface area contributed by atoms with E-state index in [9.17, 15) is 9.59 Å². The molecule has 0 saturated carbocycles. The first-order valence-corrected chi connectivity index (χ1v) is 8.14. The highest BCUT2D eigenvalue weighted by Crippen LogP contribution is 2.27. The summed E-state index contributed by atoms with van der Waals surface area (Å²) >= 11 is 0. The quantitative estimate of drug-likeness (QED) is 0.905. The van der Waals surface area contributed by atoms with E-state index in [0.29, 0.717) is 12.1 Å². The number of aryl methyl sites for hydroxylation is 1. The van der Waals surface area contributed by atoms with Crippen LogP contribution in [0.2, 0.25) is 0 Å². The number of carbonyl (C=O) groups excluding carboxylic acids is 2. The Labute approximate surface area is 141 Å². The van der Waals surface area contributed by atoms with Crippen molar-refractivity contribution < 1.29 is 9.59 Å². The molecule has 0 bridgehead atoms. The fourth-order valence-electron chi connectivity index (χ4n) is 2.98. The average molecular weight is 323 g/mol. The second-order valence-corrected chi connectivity index (χ2v) is 5.90. The summed E-state index contributed by atoms with van der Waals surface area (Å²) < 4.78 is 0. The van der Waals surface area contributed by atoms with Crippen molar-refractivity contribution in [3.8, 4) is 0 Å². The van der Waals surface area contributed by atoms with Gasteiger partial charge in [0, 0.05) is 17.9 Å². The number of benzene rings is 2. The molecule has 2 amide bonds. The van der Waals surface area contributed by atoms with Gasteiger partial charge in [0.2, 0.25) is 11.8 Å². The maximum Gasteiger partial charge on any atom is 0.238 e. The van der Waals surface area contributed by atoms with Crippen LogP contribution in [0.15, 0.2) is 48.5 Å². The molecule has 5 nitrogen and oxygen atoms in total. The lowest BCUT2D eigenvalue weighted by molar-refractivity contribution is -0.118. The summed E-state index contributed by atoms with van der Waals surface area (Å²) in [5, 5.41) is 2.69. The molecule has 1 heterocycles. The minimum absolute atomic E-state index is 0.0470. The lowest BCUT2D eigenvalue weighted by Gasteiger charge is -2.29. The number of nitrogens with zero attached hydrogens (tertiary/aromatic N) is 1. The van der Waals surface area contributed by atoms with Gasteiger partial charge in [-0.1, -0.05) is 30.3 Å². The minimum Gasteiger partial charge on any atom is -0.325 e. The molecule has 5 heteroatoms. The molecule has 0 fully saturated rings. The smallest absolute Gasteiger partial charge is 0.238 e. The highest BCUT2D eigenvalue weighted by molar-refractivity contribution is 5.96. The Morgan fingerprint density at radius 3 is 2.58 bits per heavy atom. The second-order valence-electron chi connectivity index (χ2n) is 5.90. The number of rotatable bonds is 4. The summed E-state index contributed by atoms with van der Waals surface area (Å²) in [7, 11) is 0. The lowest BCUT2D eigenvalue weighted by Crippen LogP contribution is -2.36. The Morgan fingerprint density at radius 1 is 1.08 bits per heavy atom. The molecule has 0 aliphatic carbocycles. The van der Waals surface area contributed by atoms with E-state index in [1.807, 2.05) is 35.2 Å². The van der Waals surface area contributed by atoms with Crippen molar-refractivity contribution in [2.45, 2.75) is 19.3 Å². The molecule has 0 radical (unpaired) electrons. The lowest BCUT2D eigenvalue weighted by atomic mass is 10.0. The largest absolute Gasteiger partial charge is 0.325 e. The highest BCUT2D eigenvalue weighted by atomic mass is 16.2. The number of anilines is 2. The van der Waals surface area contributed by atoms with Gasteiger partial charge in [0.05, 0.1) is 13.0 Å². The number of carbonyl (C=O) groups is 2. The van der Waals surface area contributed by atoms with Crippen LogP contribution in [0.5, 0.6) is 0 Å². The zero-order valence-electron chi connectivity index (χ0n) is 13.5. The number of fused-ring (bicyclic) bond motifs is 1. The Hall–Kier alpha value is -2.66. The van der Waals surface area contributed by atoms with Crippen LogP contribution in [0.4, 0.5) is 11.4 Å². The molecular weight excluding hydrogens is 302 g/mol. The van der Waals surface area contributed by atoms with Crippen LogP contribution in [0, 0.1) is 0 Å². The topological polar surface area (TPSA) is 75.4 Å². The Morgan fingerprint density at radius 2 is 1.83 bits per heavy atom. The molecule has 0 aromatic heterocycles. The molecule has 124 valence electrons. The molecule has 1 aliphatic heterocycles. The van der Waals surface area contributed by atoms with Crippen LogP contribution >= 0.6 is 0 Å². The number of hydrogen-bond donors (Lipinski definition) is 2. The maximum absolute atomic E-state index is 12.7. The molecular formula is C19H21N3O2. The SMILES string of the molecule is NCC(=O)Nc1ccc(CC(=O)N2CCCc3ccccc32)cc1. The molecule has 2 aromatic carbocycles. The third kappa shape index (κ3) is 3.63. The summed E-state index contributed by atoms with van der Waals surface area (Å²) in [5.74, 6) is -0.135. The van der Waals surface area contributed by atoms with E-state index < -0.39 is 0 Å². The van der Waals surface area contributed by atoms with Crippen LogP contribution in [0.1, 0.15) is 17.5 Å². The molecule has 0 unspecified atom stereocenters. The number of para-hydroxylation sites is 1. The van der Waals surface area contributed by atoms with E-state index in [4.69, 9.17) is 5.73 Å². The van der Waals surface area contributed by atoms with E-state index in [1.165, 1.54) is 5.56 Å². The first kappa shape index (κ1) is 16.2. The monoisotopic (exact) mass is 323 g/mol. The maximum atomic E-state index is 12.7. The predicted octanol–water partition coefficient (Wildman–Crippen LogP) is 2.11. The standard InChI is InChI=1S/C19H21N3O2/c20-13-18(23)21-16-9-7-14(8-10-16)12-19(24)22-11-3-5-15-4-1-2-6-17(15)22/h1-2,4,6-10H,3,5,11-13,20H2,(H,21,23). The zero-order valence-corrected chi connectivity index (χ0v) is 13.5. The third-order valence-electron chi connectivity index (χ3n) is 4.19. The van der Waals surface area contributed by atoms with Crippen molar-refractivity contribution in [1.29, 1.82) is 0 Å². The highest BCUT2D eigenvalue weighted by Gasteiger charge is 2.22.